The first-order valence-corrected chi connectivity index (χ1v) is 8.19. The second-order valence-electron chi connectivity index (χ2n) is 5.61. The van der Waals surface area contributed by atoms with Gasteiger partial charge in [0.25, 0.3) is 5.91 Å². The average molecular weight is 338 g/mol. The molecular weight excluding hydrogens is 318 g/mol. The molecule has 0 spiro atoms. The molecule has 1 amide bonds. The van der Waals surface area contributed by atoms with Crippen molar-refractivity contribution in [3.63, 3.8) is 0 Å². The molecule has 0 atom stereocenters. The summed E-state index contributed by atoms with van der Waals surface area (Å²) in [5.41, 5.74) is 0.668. The van der Waals surface area contributed by atoms with E-state index in [0.29, 0.717) is 10.2 Å². The summed E-state index contributed by atoms with van der Waals surface area (Å²) < 4.78 is 0.642. The van der Waals surface area contributed by atoms with Gasteiger partial charge in [0.2, 0.25) is 0 Å². The minimum atomic E-state index is 0.0936. The molecule has 0 N–H and O–H groups in total. The maximum Gasteiger partial charge on any atom is 0.256 e. The van der Waals surface area contributed by atoms with Gasteiger partial charge in [0.1, 0.15) is 4.60 Å². The second kappa shape index (κ2) is 6.22. The van der Waals surface area contributed by atoms with Gasteiger partial charge in [-0.3, -0.25) is 9.69 Å². The van der Waals surface area contributed by atoms with Crippen LogP contribution in [0.15, 0.2) is 22.9 Å². The number of pyridine rings is 1. The molecule has 1 saturated carbocycles. The van der Waals surface area contributed by atoms with E-state index in [1.165, 1.54) is 25.7 Å². The number of hydrogen-bond donors (Lipinski definition) is 0. The molecule has 1 aromatic heterocycles. The van der Waals surface area contributed by atoms with Crippen LogP contribution in [0, 0.1) is 0 Å². The molecule has 2 fully saturated rings. The quantitative estimate of drug-likeness (QED) is 0.778. The highest BCUT2D eigenvalue weighted by atomic mass is 79.9. The van der Waals surface area contributed by atoms with Crippen LogP contribution < -0.4 is 0 Å². The number of carbonyl (C=O) groups excluding carboxylic acids is 1. The summed E-state index contributed by atoms with van der Waals surface area (Å²) in [6, 6.07) is 4.41. The summed E-state index contributed by atoms with van der Waals surface area (Å²) in [5.74, 6) is 0.0936. The summed E-state index contributed by atoms with van der Waals surface area (Å²) in [7, 11) is 0. The third-order valence-corrected chi connectivity index (χ3v) is 5.06. The van der Waals surface area contributed by atoms with Crippen LogP contribution >= 0.6 is 15.9 Å². The van der Waals surface area contributed by atoms with Crippen molar-refractivity contribution in [2.24, 2.45) is 0 Å². The van der Waals surface area contributed by atoms with Crippen LogP contribution in [0.25, 0.3) is 0 Å². The molecule has 1 saturated heterocycles. The molecule has 2 aliphatic rings. The van der Waals surface area contributed by atoms with Gasteiger partial charge in [-0.25, -0.2) is 4.98 Å². The van der Waals surface area contributed by atoms with E-state index >= 15 is 0 Å². The first-order valence-electron chi connectivity index (χ1n) is 7.39. The van der Waals surface area contributed by atoms with Crippen molar-refractivity contribution in [3.05, 3.63) is 28.5 Å². The molecular formula is C15H20BrN3O. The summed E-state index contributed by atoms with van der Waals surface area (Å²) in [6.07, 6.45) is 7.10. The Morgan fingerprint density at radius 1 is 1.20 bits per heavy atom. The van der Waals surface area contributed by atoms with Gasteiger partial charge in [-0.1, -0.05) is 12.8 Å². The van der Waals surface area contributed by atoms with Crippen LogP contribution in [0.5, 0.6) is 0 Å². The molecule has 0 aromatic carbocycles. The van der Waals surface area contributed by atoms with Gasteiger partial charge in [-0.15, -0.1) is 0 Å². The van der Waals surface area contributed by atoms with Crippen molar-refractivity contribution < 1.29 is 4.79 Å². The maximum absolute atomic E-state index is 12.5. The molecule has 1 aromatic rings. The monoisotopic (exact) mass is 337 g/mol. The van der Waals surface area contributed by atoms with Crippen LogP contribution in [0.3, 0.4) is 0 Å². The number of hydrogen-bond acceptors (Lipinski definition) is 3. The lowest BCUT2D eigenvalue weighted by molar-refractivity contribution is 0.0572. The first-order chi connectivity index (χ1) is 9.75. The number of piperazine rings is 1. The third-order valence-electron chi connectivity index (χ3n) is 4.43. The van der Waals surface area contributed by atoms with E-state index in [4.69, 9.17) is 0 Å². The zero-order valence-corrected chi connectivity index (χ0v) is 13.2. The standard InChI is InChI=1S/C15H20BrN3O/c16-14-13(6-3-7-17-14)15(20)19-10-8-18(9-11-19)12-4-1-2-5-12/h3,6-7,12H,1-2,4-5,8-11H2. The second-order valence-corrected chi connectivity index (χ2v) is 6.36. The SMILES string of the molecule is O=C(c1cccnc1Br)N1CCN(C2CCCC2)CC1. The fraction of sp³-hybridized carbons (Fsp3) is 0.600. The van der Waals surface area contributed by atoms with Crippen molar-refractivity contribution in [1.82, 2.24) is 14.8 Å². The van der Waals surface area contributed by atoms with E-state index in [9.17, 15) is 4.79 Å². The van der Waals surface area contributed by atoms with E-state index in [1.807, 2.05) is 17.0 Å². The van der Waals surface area contributed by atoms with Crippen LogP contribution in [-0.2, 0) is 0 Å². The molecule has 3 rings (SSSR count). The first kappa shape index (κ1) is 14.0. The normalized spacial score (nSPS) is 21.4. The summed E-state index contributed by atoms with van der Waals surface area (Å²) >= 11 is 3.36. The molecule has 2 heterocycles. The van der Waals surface area contributed by atoms with Gasteiger partial charge in [-0.2, -0.15) is 0 Å². The Morgan fingerprint density at radius 3 is 2.55 bits per heavy atom. The molecule has 0 unspecified atom stereocenters. The zero-order chi connectivity index (χ0) is 13.9. The highest BCUT2D eigenvalue weighted by molar-refractivity contribution is 9.10. The largest absolute Gasteiger partial charge is 0.336 e. The molecule has 20 heavy (non-hydrogen) atoms. The van der Waals surface area contributed by atoms with Gasteiger partial charge in [0.15, 0.2) is 0 Å². The molecule has 108 valence electrons. The van der Waals surface area contributed by atoms with E-state index in [-0.39, 0.29) is 5.91 Å². The summed E-state index contributed by atoms with van der Waals surface area (Å²) in [5, 5.41) is 0. The van der Waals surface area contributed by atoms with E-state index in [2.05, 4.69) is 25.8 Å². The fourth-order valence-corrected chi connectivity index (χ4v) is 3.70. The third kappa shape index (κ3) is 2.88. The Kier molecular flexibility index (Phi) is 4.36. The van der Waals surface area contributed by atoms with E-state index < -0.39 is 0 Å². The lowest BCUT2D eigenvalue weighted by atomic mass is 10.1. The van der Waals surface area contributed by atoms with Gasteiger partial charge in [0.05, 0.1) is 5.56 Å². The smallest absolute Gasteiger partial charge is 0.256 e. The molecule has 0 radical (unpaired) electrons. The minimum Gasteiger partial charge on any atom is -0.336 e. The van der Waals surface area contributed by atoms with Crippen molar-refractivity contribution >= 4 is 21.8 Å². The number of aromatic nitrogens is 1. The average Bonchev–Trinajstić information content (AvgIpc) is 3.01. The molecule has 1 aliphatic heterocycles. The van der Waals surface area contributed by atoms with Crippen molar-refractivity contribution in [1.29, 1.82) is 0 Å². The van der Waals surface area contributed by atoms with Crippen LogP contribution in [-0.4, -0.2) is 52.9 Å². The zero-order valence-electron chi connectivity index (χ0n) is 11.6. The Bertz CT molecular complexity index is 480. The number of halogens is 1. The van der Waals surface area contributed by atoms with Crippen molar-refractivity contribution in [3.8, 4) is 0 Å². The highest BCUT2D eigenvalue weighted by Crippen LogP contribution is 2.25. The number of rotatable bonds is 2. The van der Waals surface area contributed by atoms with Gasteiger partial charge < -0.3 is 4.90 Å². The van der Waals surface area contributed by atoms with Gasteiger partial charge in [0, 0.05) is 38.4 Å². The summed E-state index contributed by atoms with van der Waals surface area (Å²) in [6.45, 7) is 3.68. The molecule has 5 heteroatoms. The van der Waals surface area contributed by atoms with Gasteiger partial charge in [-0.05, 0) is 40.9 Å². The van der Waals surface area contributed by atoms with E-state index in [0.717, 1.165) is 32.2 Å². The topological polar surface area (TPSA) is 36.4 Å². The molecule has 1 aliphatic carbocycles. The Labute approximate surface area is 128 Å². The molecule has 4 nitrogen and oxygen atoms in total. The van der Waals surface area contributed by atoms with Crippen LogP contribution in [0.1, 0.15) is 36.0 Å². The predicted molar refractivity (Wildman–Crippen MR) is 81.7 cm³/mol. The molecule has 0 bridgehead atoms. The Hall–Kier alpha value is -0.940. The van der Waals surface area contributed by atoms with Gasteiger partial charge >= 0.3 is 0 Å². The summed E-state index contributed by atoms with van der Waals surface area (Å²) in [4.78, 5) is 21.1. The number of carbonyl (C=O) groups is 1. The predicted octanol–water partition coefficient (Wildman–Crippen LogP) is 2.54. The maximum atomic E-state index is 12.5. The lowest BCUT2D eigenvalue weighted by Crippen LogP contribution is -2.51. The Balaban J connectivity index is 1.60. The number of amides is 1. The Morgan fingerprint density at radius 2 is 1.90 bits per heavy atom. The van der Waals surface area contributed by atoms with Crippen molar-refractivity contribution in [2.45, 2.75) is 31.7 Å². The number of nitrogens with zero attached hydrogens (tertiary/aromatic N) is 3. The minimum absolute atomic E-state index is 0.0936. The lowest BCUT2D eigenvalue weighted by Gasteiger charge is -2.38. The van der Waals surface area contributed by atoms with E-state index in [1.54, 1.807) is 6.20 Å². The van der Waals surface area contributed by atoms with Crippen LogP contribution in [0.4, 0.5) is 0 Å². The van der Waals surface area contributed by atoms with Crippen LogP contribution in [0.2, 0.25) is 0 Å². The van der Waals surface area contributed by atoms with Crippen molar-refractivity contribution in [2.75, 3.05) is 26.2 Å². The highest BCUT2D eigenvalue weighted by Gasteiger charge is 2.28. The fourth-order valence-electron chi connectivity index (χ4n) is 3.28.